The highest BCUT2D eigenvalue weighted by Gasteiger charge is 2.36. The Morgan fingerprint density at radius 2 is 1.91 bits per heavy atom. The Morgan fingerprint density at radius 1 is 1.27 bits per heavy atom. The maximum Gasteiger partial charge on any atom is 0.335 e. The van der Waals surface area contributed by atoms with E-state index in [0.717, 1.165) is 4.90 Å². The molecule has 8 heteroatoms. The first-order valence-electron chi connectivity index (χ1n) is 6.08. The number of aromatic carboxylic acids is 1. The first kappa shape index (κ1) is 15.8. The molecule has 2 amide bonds. The van der Waals surface area contributed by atoms with E-state index in [0.29, 0.717) is 17.3 Å². The third kappa shape index (κ3) is 3.34. The Labute approximate surface area is 129 Å². The van der Waals surface area contributed by atoms with Crippen molar-refractivity contribution >= 4 is 40.9 Å². The number of hydrogen-bond acceptors (Lipinski definition) is 6. The standard InChI is InChI=1S/C14H11NO6S/c1-21-11(16)7-15-12(17)10(22-14(15)20)6-8-2-4-9(5-3-8)13(18)19/h2-6H,7H2,1H3,(H,18,19)/b10-6+. The van der Waals surface area contributed by atoms with Crippen LogP contribution in [0.15, 0.2) is 29.2 Å². The lowest BCUT2D eigenvalue weighted by Crippen LogP contribution is -2.34. The number of methoxy groups -OCH3 is 1. The lowest BCUT2D eigenvalue weighted by atomic mass is 10.1. The minimum atomic E-state index is -1.05. The highest BCUT2D eigenvalue weighted by atomic mass is 32.2. The first-order valence-corrected chi connectivity index (χ1v) is 6.89. The lowest BCUT2D eigenvalue weighted by molar-refractivity contribution is -0.143. The van der Waals surface area contributed by atoms with E-state index in [4.69, 9.17) is 5.11 Å². The number of carboxylic acids is 1. The second-order valence-electron chi connectivity index (χ2n) is 4.27. The minimum Gasteiger partial charge on any atom is -0.478 e. The molecule has 0 unspecified atom stereocenters. The van der Waals surface area contributed by atoms with Crippen molar-refractivity contribution in [3.05, 3.63) is 40.3 Å². The van der Waals surface area contributed by atoms with Crippen molar-refractivity contribution in [2.75, 3.05) is 13.7 Å². The molecule has 7 nitrogen and oxygen atoms in total. The van der Waals surface area contributed by atoms with Crippen molar-refractivity contribution in [1.29, 1.82) is 0 Å². The van der Waals surface area contributed by atoms with Crippen molar-refractivity contribution < 1.29 is 29.0 Å². The number of nitrogens with zero attached hydrogens (tertiary/aromatic N) is 1. The summed E-state index contributed by atoms with van der Waals surface area (Å²) in [5.74, 6) is -2.32. The number of esters is 1. The number of carbonyl (C=O) groups is 4. The Morgan fingerprint density at radius 3 is 2.45 bits per heavy atom. The van der Waals surface area contributed by atoms with E-state index in [1.54, 1.807) is 0 Å². The van der Waals surface area contributed by atoms with Gasteiger partial charge in [-0.25, -0.2) is 4.79 Å². The fourth-order valence-electron chi connectivity index (χ4n) is 1.70. The van der Waals surface area contributed by atoms with Crippen LogP contribution in [0.4, 0.5) is 4.79 Å². The van der Waals surface area contributed by atoms with Gasteiger partial charge in [0.25, 0.3) is 11.1 Å². The number of benzene rings is 1. The smallest absolute Gasteiger partial charge is 0.335 e. The molecule has 0 radical (unpaired) electrons. The van der Waals surface area contributed by atoms with E-state index < -0.39 is 29.6 Å². The Balaban J connectivity index is 2.19. The van der Waals surface area contributed by atoms with E-state index in [1.807, 2.05) is 0 Å². The topological polar surface area (TPSA) is 101 Å². The third-order valence-electron chi connectivity index (χ3n) is 2.84. The summed E-state index contributed by atoms with van der Waals surface area (Å²) in [4.78, 5) is 46.7. The zero-order valence-electron chi connectivity index (χ0n) is 11.4. The summed E-state index contributed by atoms with van der Waals surface area (Å²) < 4.78 is 4.43. The van der Waals surface area contributed by atoms with Crippen LogP contribution in [0, 0.1) is 0 Å². The van der Waals surface area contributed by atoms with Gasteiger partial charge in [-0.3, -0.25) is 19.3 Å². The number of imide groups is 1. The molecule has 1 aromatic carbocycles. The molecule has 0 spiro atoms. The van der Waals surface area contributed by atoms with Crippen molar-refractivity contribution in [3.63, 3.8) is 0 Å². The molecular formula is C14H11NO6S. The van der Waals surface area contributed by atoms with Crippen LogP contribution in [0.3, 0.4) is 0 Å². The number of hydrogen-bond donors (Lipinski definition) is 1. The molecule has 114 valence electrons. The van der Waals surface area contributed by atoms with Gasteiger partial charge in [0.05, 0.1) is 17.6 Å². The van der Waals surface area contributed by atoms with Crippen LogP contribution in [0.2, 0.25) is 0 Å². The van der Waals surface area contributed by atoms with Gasteiger partial charge in [0.1, 0.15) is 6.54 Å². The maximum atomic E-state index is 12.1. The van der Waals surface area contributed by atoms with E-state index in [1.165, 1.54) is 37.5 Å². The summed E-state index contributed by atoms with van der Waals surface area (Å²) in [6, 6.07) is 5.84. The third-order valence-corrected chi connectivity index (χ3v) is 3.75. The van der Waals surface area contributed by atoms with E-state index in [2.05, 4.69) is 4.74 Å². The summed E-state index contributed by atoms with van der Waals surface area (Å²) in [5, 5.41) is 8.26. The quantitative estimate of drug-likeness (QED) is 0.664. The van der Waals surface area contributed by atoms with Crippen molar-refractivity contribution in [2.45, 2.75) is 0 Å². The Bertz CT molecular complexity index is 679. The van der Waals surface area contributed by atoms with E-state index >= 15 is 0 Å². The monoisotopic (exact) mass is 321 g/mol. The molecule has 0 saturated carbocycles. The van der Waals surface area contributed by atoms with Crippen molar-refractivity contribution in [1.82, 2.24) is 4.90 Å². The average molecular weight is 321 g/mol. The molecular weight excluding hydrogens is 310 g/mol. The molecule has 1 aliphatic rings. The zero-order valence-corrected chi connectivity index (χ0v) is 12.3. The second-order valence-corrected chi connectivity index (χ2v) is 5.26. The number of amides is 2. The van der Waals surface area contributed by atoms with Gasteiger partial charge in [0.2, 0.25) is 0 Å². The number of ether oxygens (including phenoxy) is 1. The van der Waals surface area contributed by atoms with E-state index in [-0.39, 0.29) is 10.5 Å². The number of thioether (sulfide) groups is 1. The summed E-state index contributed by atoms with van der Waals surface area (Å²) in [7, 11) is 1.17. The summed E-state index contributed by atoms with van der Waals surface area (Å²) >= 11 is 0.714. The SMILES string of the molecule is COC(=O)CN1C(=O)S/C(=C/c2ccc(C(=O)O)cc2)C1=O. The van der Waals surface area contributed by atoms with Gasteiger partial charge >= 0.3 is 11.9 Å². The van der Waals surface area contributed by atoms with Gasteiger partial charge in [0, 0.05) is 0 Å². The molecule has 1 heterocycles. The molecule has 2 rings (SSSR count). The number of rotatable bonds is 4. The molecule has 1 aromatic rings. The fourth-order valence-corrected chi connectivity index (χ4v) is 2.54. The van der Waals surface area contributed by atoms with Crippen LogP contribution in [-0.4, -0.2) is 46.7 Å². The molecule has 1 aliphatic heterocycles. The predicted octanol–water partition coefficient (Wildman–Crippen LogP) is 1.59. The number of carboxylic acid groups (broad SMARTS) is 1. The van der Waals surface area contributed by atoms with Crippen LogP contribution in [0.5, 0.6) is 0 Å². The van der Waals surface area contributed by atoms with Crippen LogP contribution >= 0.6 is 11.8 Å². The van der Waals surface area contributed by atoms with Gasteiger partial charge in [0.15, 0.2) is 0 Å². The molecule has 0 aliphatic carbocycles. The highest BCUT2D eigenvalue weighted by molar-refractivity contribution is 8.18. The zero-order chi connectivity index (χ0) is 16.3. The molecule has 0 aromatic heterocycles. The van der Waals surface area contributed by atoms with Crippen LogP contribution < -0.4 is 0 Å². The average Bonchev–Trinajstić information content (AvgIpc) is 2.75. The summed E-state index contributed by atoms with van der Waals surface area (Å²) in [5.41, 5.74) is 0.699. The molecule has 1 saturated heterocycles. The van der Waals surface area contributed by atoms with Gasteiger partial charge in [-0.2, -0.15) is 0 Å². The molecule has 0 bridgehead atoms. The van der Waals surface area contributed by atoms with Crippen LogP contribution in [0.25, 0.3) is 6.08 Å². The second kappa shape index (κ2) is 6.44. The van der Waals surface area contributed by atoms with Crippen molar-refractivity contribution in [3.8, 4) is 0 Å². The highest BCUT2D eigenvalue weighted by Crippen LogP contribution is 2.32. The first-order chi connectivity index (χ1) is 10.4. The van der Waals surface area contributed by atoms with Crippen LogP contribution in [-0.2, 0) is 14.3 Å². The summed E-state index contributed by atoms with van der Waals surface area (Å²) in [6.07, 6.45) is 1.47. The number of carbonyl (C=O) groups excluding carboxylic acids is 3. The van der Waals surface area contributed by atoms with E-state index in [9.17, 15) is 19.2 Å². The normalized spacial score (nSPS) is 16.2. The Hall–Kier alpha value is -2.61. The van der Waals surface area contributed by atoms with Gasteiger partial charge < -0.3 is 9.84 Å². The molecule has 0 atom stereocenters. The van der Waals surface area contributed by atoms with Gasteiger partial charge in [-0.15, -0.1) is 0 Å². The minimum absolute atomic E-state index is 0.121. The maximum absolute atomic E-state index is 12.1. The van der Waals surface area contributed by atoms with Gasteiger partial charge in [-0.05, 0) is 35.5 Å². The lowest BCUT2D eigenvalue weighted by Gasteiger charge is -2.09. The molecule has 1 fully saturated rings. The largest absolute Gasteiger partial charge is 0.478 e. The fraction of sp³-hybridized carbons (Fsp3) is 0.143. The molecule has 22 heavy (non-hydrogen) atoms. The van der Waals surface area contributed by atoms with Crippen molar-refractivity contribution in [2.24, 2.45) is 0 Å². The van der Waals surface area contributed by atoms with Gasteiger partial charge in [-0.1, -0.05) is 12.1 Å². The molecule has 1 N–H and O–H groups in total. The Kier molecular flexibility index (Phi) is 4.62. The summed E-state index contributed by atoms with van der Waals surface area (Å²) in [6.45, 7) is -0.434. The van der Waals surface area contributed by atoms with Crippen LogP contribution in [0.1, 0.15) is 15.9 Å². The predicted molar refractivity (Wildman–Crippen MR) is 78.1 cm³/mol.